The molecule has 5 nitrogen and oxygen atoms in total. The molecule has 1 aromatic rings. The fourth-order valence-corrected chi connectivity index (χ4v) is 3.35. The molecule has 0 aliphatic carbocycles. The predicted octanol–water partition coefficient (Wildman–Crippen LogP) is 2.60. The van der Waals surface area contributed by atoms with Gasteiger partial charge in [-0.25, -0.2) is 0 Å². The highest BCUT2D eigenvalue weighted by Gasteiger charge is 2.41. The summed E-state index contributed by atoms with van der Waals surface area (Å²) >= 11 is 0. The molecule has 120 valence electrons. The van der Waals surface area contributed by atoms with Crippen molar-refractivity contribution < 1.29 is 9.84 Å². The number of rotatable bonds is 6. The van der Waals surface area contributed by atoms with Gasteiger partial charge >= 0.3 is 0 Å². The molecule has 21 heavy (non-hydrogen) atoms. The van der Waals surface area contributed by atoms with E-state index in [1.165, 1.54) is 19.3 Å². The second kappa shape index (κ2) is 6.79. The van der Waals surface area contributed by atoms with Crippen molar-refractivity contribution >= 4 is 0 Å². The summed E-state index contributed by atoms with van der Waals surface area (Å²) in [5, 5.41) is 15.5. The van der Waals surface area contributed by atoms with E-state index < -0.39 is 6.10 Å². The lowest BCUT2D eigenvalue weighted by Crippen LogP contribution is -2.52. The van der Waals surface area contributed by atoms with Crippen molar-refractivity contribution in [2.24, 2.45) is 0 Å². The predicted molar refractivity (Wildman–Crippen MR) is 83.5 cm³/mol. The number of ether oxygens (including phenoxy) is 1. The third-order valence-corrected chi connectivity index (χ3v) is 5.01. The summed E-state index contributed by atoms with van der Waals surface area (Å²) in [7, 11) is 1.64. The van der Waals surface area contributed by atoms with Gasteiger partial charge in [0.25, 0.3) is 0 Å². The number of methoxy groups -OCH3 is 1. The number of aliphatic hydroxyl groups excluding tert-OH is 1. The smallest absolute Gasteiger partial charge is 0.162 e. The van der Waals surface area contributed by atoms with Crippen LogP contribution in [0.5, 0.6) is 5.75 Å². The minimum atomic E-state index is -0.599. The van der Waals surface area contributed by atoms with Gasteiger partial charge in [-0.2, -0.15) is 5.10 Å². The molecule has 0 radical (unpaired) electrons. The highest BCUT2D eigenvalue weighted by Crippen LogP contribution is 2.39. The molecule has 0 aromatic carbocycles. The van der Waals surface area contributed by atoms with E-state index in [4.69, 9.17) is 4.74 Å². The SMILES string of the molecule is CCn1ncc(OC)c1C(O)C(C)(CC)N1CCCCC1. The highest BCUT2D eigenvalue weighted by molar-refractivity contribution is 5.29. The lowest BCUT2D eigenvalue weighted by atomic mass is 9.85. The van der Waals surface area contributed by atoms with E-state index in [-0.39, 0.29) is 5.54 Å². The van der Waals surface area contributed by atoms with Crippen LogP contribution in [0.4, 0.5) is 0 Å². The summed E-state index contributed by atoms with van der Waals surface area (Å²) < 4.78 is 7.26. The fraction of sp³-hybridized carbons (Fsp3) is 0.812. The Morgan fingerprint density at radius 2 is 2.00 bits per heavy atom. The molecule has 2 unspecified atom stereocenters. The van der Waals surface area contributed by atoms with E-state index in [9.17, 15) is 5.11 Å². The average Bonchev–Trinajstić information content (AvgIpc) is 2.97. The van der Waals surface area contributed by atoms with Crippen LogP contribution in [-0.2, 0) is 6.54 Å². The first-order valence-corrected chi connectivity index (χ1v) is 8.11. The molecule has 2 rings (SSSR count). The van der Waals surface area contributed by atoms with Gasteiger partial charge in [-0.15, -0.1) is 0 Å². The molecule has 2 atom stereocenters. The normalized spacial score (nSPS) is 21.0. The number of hydrogen-bond acceptors (Lipinski definition) is 4. The number of nitrogens with zero attached hydrogens (tertiary/aromatic N) is 3. The van der Waals surface area contributed by atoms with Crippen LogP contribution in [0.25, 0.3) is 0 Å². The Labute approximate surface area is 127 Å². The topological polar surface area (TPSA) is 50.5 Å². The molecule has 0 amide bonds. The Bertz CT molecular complexity index is 433. The van der Waals surface area contributed by atoms with E-state index >= 15 is 0 Å². The third-order valence-electron chi connectivity index (χ3n) is 5.01. The quantitative estimate of drug-likeness (QED) is 0.876. The Kier molecular flexibility index (Phi) is 5.27. The minimum absolute atomic E-state index is 0.277. The highest BCUT2D eigenvalue weighted by atomic mass is 16.5. The van der Waals surface area contributed by atoms with Crippen molar-refractivity contribution in [3.8, 4) is 5.75 Å². The van der Waals surface area contributed by atoms with Crippen LogP contribution in [0, 0.1) is 0 Å². The zero-order chi connectivity index (χ0) is 15.5. The van der Waals surface area contributed by atoms with Gasteiger partial charge in [0.2, 0.25) is 0 Å². The Hall–Kier alpha value is -1.07. The van der Waals surface area contributed by atoms with Crippen molar-refractivity contribution in [3.05, 3.63) is 11.9 Å². The van der Waals surface area contributed by atoms with Gasteiger partial charge in [-0.3, -0.25) is 9.58 Å². The van der Waals surface area contributed by atoms with Gasteiger partial charge in [0.1, 0.15) is 11.8 Å². The van der Waals surface area contributed by atoms with Crippen LogP contribution in [0.3, 0.4) is 0 Å². The number of aromatic nitrogens is 2. The maximum absolute atomic E-state index is 11.1. The van der Waals surface area contributed by atoms with Crippen molar-refractivity contribution in [1.29, 1.82) is 0 Å². The maximum atomic E-state index is 11.1. The Balaban J connectivity index is 2.34. The molecule has 1 aliphatic rings. The van der Waals surface area contributed by atoms with Crippen molar-refractivity contribution in [1.82, 2.24) is 14.7 Å². The summed E-state index contributed by atoms with van der Waals surface area (Å²) in [5.74, 6) is 0.682. The van der Waals surface area contributed by atoms with Gasteiger partial charge in [-0.1, -0.05) is 13.3 Å². The first-order chi connectivity index (χ1) is 10.1. The summed E-state index contributed by atoms with van der Waals surface area (Å²) in [6.07, 6.45) is 5.72. The van der Waals surface area contributed by atoms with Gasteiger partial charge < -0.3 is 9.84 Å². The molecule has 0 saturated carbocycles. The summed E-state index contributed by atoms with van der Waals surface area (Å²) in [4.78, 5) is 2.44. The molecule has 1 N–H and O–H groups in total. The van der Waals surface area contributed by atoms with Crippen LogP contribution in [0.2, 0.25) is 0 Å². The Morgan fingerprint density at radius 1 is 1.33 bits per heavy atom. The fourth-order valence-electron chi connectivity index (χ4n) is 3.35. The van der Waals surface area contributed by atoms with Gasteiger partial charge in [0.05, 0.1) is 13.3 Å². The lowest BCUT2D eigenvalue weighted by Gasteiger charge is -2.46. The average molecular weight is 295 g/mol. The van der Waals surface area contributed by atoms with Crippen LogP contribution < -0.4 is 4.74 Å². The largest absolute Gasteiger partial charge is 0.493 e. The molecule has 0 bridgehead atoms. The first kappa shape index (κ1) is 16.3. The number of piperidine rings is 1. The van der Waals surface area contributed by atoms with E-state index in [1.807, 2.05) is 11.6 Å². The molecule has 1 aliphatic heterocycles. The molecule has 0 spiro atoms. The van der Waals surface area contributed by atoms with Crippen LogP contribution in [0.15, 0.2) is 6.20 Å². The van der Waals surface area contributed by atoms with Crippen molar-refractivity contribution in [2.75, 3.05) is 20.2 Å². The molecule has 1 saturated heterocycles. The third kappa shape index (κ3) is 2.94. The zero-order valence-corrected chi connectivity index (χ0v) is 13.8. The molecule has 1 aromatic heterocycles. The molecule has 1 fully saturated rings. The van der Waals surface area contributed by atoms with Gasteiger partial charge in [0.15, 0.2) is 5.75 Å². The molecular formula is C16H29N3O2. The van der Waals surface area contributed by atoms with Crippen LogP contribution >= 0.6 is 0 Å². The van der Waals surface area contributed by atoms with Crippen molar-refractivity contribution in [3.63, 3.8) is 0 Å². The number of hydrogen-bond donors (Lipinski definition) is 1. The number of aliphatic hydroxyl groups is 1. The summed E-state index contributed by atoms with van der Waals surface area (Å²) in [5.41, 5.74) is 0.524. The molecule has 5 heteroatoms. The number of likely N-dealkylation sites (tertiary alicyclic amines) is 1. The first-order valence-electron chi connectivity index (χ1n) is 8.11. The van der Waals surface area contributed by atoms with Gasteiger partial charge in [-0.05, 0) is 46.2 Å². The Morgan fingerprint density at radius 3 is 2.52 bits per heavy atom. The number of aryl methyl sites for hydroxylation is 1. The minimum Gasteiger partial charge on any atom is -0.493 e. The zero-order valence-electron chi connectivity index (χ0n) is 13.8. The van der Waals surface area contributed by atoms with E-state index in [1.54, 1.807) is 13.3 Å². The van der Waals surface area contributed by atoms with Crippen LogP contribution in [0.1, 0.15) is 58.3 Å². The van der Waals surface area contributed by atoms with E-state index in [0.29, 0.717) is 5.75 Å². The molecular weight excluding hydrogens is 266 g/mol. The second-order valence-electron chi connectivity index (χ2n) is 6.07. The monoisotopic (exact) mass is 295 g/mol. The maximum Gasteiger partial charge on any atom is 0.162 e. The summed E-state index contributed by atoms with van der Waals surface area (Å²) in [6, 6.07) is 0. The van der Waals surface area contributed by atoms with Crippen molar-refractivity contribution in [2.45, 2.75) is 64.6 Å². The van der Waals surface area contributed by atoms with E-state index in [2.05, 4.69) is 23.8 Å². The van der Waals surface area contributed by atoms with E-state index in [0.717, 1.165) is 31.7 Å². The standard InChI is InChI=1S/C16H29N3O2/c1-5-16(3,18-10-8-7-9-11-18)15(20)14-13(21-4)12-17-19(14)6-2/h12,15,20H,5-11H2,1-4H3. The van der Waals surface area contributed by atoms with Gasteiger partial charge in [0, 0.05) is 12.1 Å². The summed E-state index contributed by atoms with van der Waals surface area (Å²) in [6.45, 7) is 9.20. The molecule has 2 heterocycles. The van der Waals surface area contributed by atoms with Crippen LogP contribution in [-0.4, -0.2) is 45.5 Å². The lowest BCUT2D eigenvalue weighted by molar-refractivity contribution is -0.0400. The second-order valence-corrected chi connectivity index (χ2v) is 6.07.